The first-order valence-electron chi connectivity index (χ1n) is 18.4. The highest BCUT2D eigenvalue weighted by Crippen LogP contribution is 2.43. The Morgan fingerprint density at radius 1 is 0.296 bits per heavy atom. The van der Waals surface area contributed by atoms with Gasteiger partial charge in [0.15, 0.2) is 0 Å². The van der Waals surface area contributed by atoms with Crippen molar-refractivity contribution in [3.05, 3.63) is 212 Å². The lowest BCUT2D eigenvalue weighted by Crippen LogP contribution is -2.10. The van der Waals surface area contributed by atoms with Gasteiger partial charge in [0.25, 0.3) is 0 Å². The molecule has 0 fully saturated rings. The van der Waals surface area contributed by atoms with Gasteiger partial charge in [-0.25, -0.2) is 0 Å². The van der Waals surface area contributed by atoms with Gasteiger partial charge in [0.05, 0.1) is 0 Å². The molecule has 0 amide bonds. The lowest BCUT2D eigenvalue weighted by atomic mass is 9.96. The van der Waals surface area contributed by atoms with Gasteiger partial charge in [-0.3, -0.25) is 0 Å². The number of para-hydroxylation sites is 1. The highest BCUT2D eigenvalue weighted by Gasteiger charge is 2.19. The van der Waals surface area contributed by atoms with Gasteiger partial charge in [0.1, 0.15) is 11.3 Å². The molecule has 2 nitrogen and oxygen atoms in total. The molecule has 254 valence electrons. The van der Waals surface area contributed by atoms with E-state index in [1.54, 1.807) is 0 Å². The van der Waals surface area contributed by atoms with Gasteiger partial charge in [0.2, 0.25) is 0 Å². The third-order valence-electron chi connectivity index (χ3n) is 10.4. The summed E-state index contributed by atoms with van der Waals surface area (Å²) in [6, 6.07) is 75.8. The van der Waals surface area contributed by atoms with Gasteiger partial charge in [-0.15, -0.1) is 0 Å². The smallest absolute Gasteiger partial charge is 0.143 e. The number of furan rings is 1. The highest BCUT2D eigenvalue weighted by atomic mass is 16.3. The van der Waals surface area contributed by atoms with Crippen LogP contribution < -0.4 is 4.90 Å². The first-order chi connectivity index (χ1) is 26.8. The summed E-state index contributed by atoms with van der Waals surface area (Å²) < 4.78 is 6.57. The Morgan fingerprint density at radius 2 is 0.852 bits per heavy atom. The van der Waals surface area contributed by atoms with Crippen LogP contribution in [0, 0.1) is 0 Å². The quantitative estimate of drug-likeness (QED) is 0.155. The molecule has 1 heterocycles. The molecule has 0 aliphatic rings. The molecule has 0 radical (unpaired) electrons. The normalized spacial score (nSPS) is 11.3. The van der Waals surface area contributed by atoms with Crippen LogP contribution in [0.25, 0.3) is 77.2 Å². The molecule has 0 aliphatic heterocycles. The number of hydrogen-bond donors (Lipinski definition) is 0. The summed E-state index contributed by atoms with van der Waals surface area (Å²) in [7, 11) is 0. The first-order valence-corrected chi connectivity index (χ1v) is 18.4. The van der Waals surface area contributed by atoms with E-state index >= 15 is 0 Å². The second-order valence-corrected chi connectivity index (χ2v) is 13.7. The third-order valence-corrected chi connectivity index (χ3v) is 10.4. The van der Waals surface area contributed by atoms with Crippen LogP contribution in [0.2, 0.25) is 0 Å². The zero-order chi connectivity index (χ0) is 35.8. The highest BCUT2D eigenvalue weighted by molar-refractivity contribution is 6.08. The number of anilines is 3. The molecule has 10 aromatic rings. The van der Waals surface area contributed by atoms with Crippen molar-refractivity contribution in [1.29, 1.82) is 0 Å². The average Bonchev–Trinajstić information content (AvgIpc) is 3.65. The van der Waals surface area contributed by atoms with Crippen molar-refractivity contribution in [2.75, 3.05) is 4.90 Å². The Morgan fingerprint density at radius 3 is 1.67 bits per heavy atom. The van der Waals surface area contributed by atoms with Crippen LogP contribution in [-0.4, -0.2) is 0 Å². The van der Waals surface area contributed by atoms with E-state index in [9.17, 15) is 0 Å². The molecule has 0 N–H and O–H groups in total. The SMILES string of the molecule is c1ccc(-c2cccc(N(c3ccc(-c4cccc(-c5oc6ccccc6c5-c5ccccc5)c4)cc3)c3ccc4c(ccc5ccccc54)c3)c2)cc1. The molecule has 0 unspecified atom stereocenters. The molecule has 0 bridgehead atoms. The summed E-state index contributed by atoms with van der Waals surface area (Å²) in [5.41, 5.74) is 12.1. The summed E-state index contributed by atoms with van der Waals surface area (Å²) >= 11 is 0. The minimum absolute atomic E-state index is 0.884. The zero-order valence-corrected chi connectivity index (χ0v) is 29.6. The molecule has 0 aliphatic carbocycles. The number of fused-ring (bicyclic) bond motifs is 4. The average molecular weight is 690 g/mol. The van der Waals surface area contributed by atoms with Crippen molar-refractivity contribution in [2.45, 2.75) is 0 Å². The van der Waals surface area contributed by atoms with Crippen LogP contribution in [0.3, 0.4) is 0 Å². The van der Waals surface area contributed by atoms with Crippen molar-refractivity contribution in [3.63, 3.8) is 0 Å². The fraction of sp³-hybridized carbons (Fsp3) is 0. The maximum Gasteiger partial charge on any atom is 0.143 e. The standard InChI is InChI=1S/C52H35NO/c1-3-13-36(14-4-1)41-19-12-21-45(34-41)53(46-31-32-48-42(35-46)26-25-38-15-7-8-22-47(38)48)44-29-27-37(28-30-44)40-18-11-20-43(33-40)52-51(39-16-5-2-6-17-39)49-23-9-10-24-50(49)54-52/h1-35H. The number of nitrogens with zero attached hydrogens (tertiary/aromatic N) is 1. The predicted molar refractivity (Wildman–Crippen MR) is 228 cm³/mol. The summed E-state index contributed by atoms with van der Waals surface area (Å²) in [5.74, 6) is 0.884. The molecule has 54 heavy (non-hydrogen) atoms. The van der Waals surface area contributed by atoms with Crippen LogP contribution in [-0.2, 0) is 0 Å². The summed E-state index contributed by atoms with van der Waals surface area (Å²) in [5, 5.41) is 6.10. The third kappa shape index (κ3) is 5.71. The fourth-order valence-corrected chi connectivity index (χ4v) is 7.83. The van der Waals surface area contributed by atoms with Gasteiger partial charge in [0, 0.05) is 33.6 Å². The van der Waals surface area contributed by atoms with Crippen molar-refractivity contribution in [2.24, 2.45) is 0 Å². The molecule has 10 rings (SSSR count). The minimum atomic E-state index is 0.884. The van der Waals surface area contributed by atoms with Crippen molar-refractivity contribution in [3.8, 4) is 44.7 Å². The Kier molecular flexibility index (Phi) is 7.85. The largest absolute Gasteiger partial charge is 0.455 e. The Hall–Kier alpha value is -7.16. The van der Waals surface area contributed by atoms with Crippen molar-refractivity contribution >= 4 is 49.6 Å². The topological polar surface area (TPSA) is 16.4 Å². The Bertz CT molecular complexity index is 2920. The van der Waals surface area contributed by atoms with E-state index in [1.807, 2.05) is 12.1 Å². The molecule has 0 saturated heterocycles. The van der Waals surface area contributed by atoms with E-state index in [-0.39, 0.29) is 0 Å². The van der Waals surface area contributed by atoms with Crippen LogP contribution in [0.1, 0.15) is 0 Å². The Labute approximate surface area is 314 Å². The molecule has 0 atom stereocenters. The van der Waals surface area contributed by atoms with E-state index in [4.69, 9.17) is 4.42 Å². The van der Waals surface area contributed by atoms with Crippen LogP contribution >= 0.6 is 0 Å². The molecular weight excluding hydrogens is 655 g/mol. The van der Waals surface area contributed by atoms with E-state index in [0.717, 1.165) is 61.6 Å². The van der Waals surface area contributed by atoms with Crippen LogP contribution in [0.4, 0.5) is 17.1 Å². The van der Waals surface area contributed by atoms with E-state index in [2.05, 4.69) is 205 Å². The van der Waals surface area contributed by atoms with Crippen LogP contribution in [0.5, 0.6) is 0 Å². The van der Waals surface area contributed by atoms with Crippen molar-refractivity contribution in [1.82, 2.24) is 0 Å². The van der Waals surface area contributed by atoms with Crippen molar-refractivity contribution < 1.29 is 4.42 Å². The second-order valence-electron chi connectivity index (χ2n) is 13.7. The Balaban J connectivity index is 1.06. The molecular formula is C52H35NO. The van der Waals surface area contributed by atoms with E-state index in [0.29, 0.717) is 0 Å². The van der Waals surface area contributed by atoms with E-state index < -0.39 is 0 Å². The van der Waals surface area contributed by atoms with Gasteiger partial charge in [-0.2, -0.15) is 0 Å². The summed E-state index contributed by atoms with van der Waals surface area (Å²) in [4.78, 5) is 2.36. The monoisotopic (exact) mass is 689 g/mol. The summed E-state index contributed by atoms with van der Waals surface area (Å²) in [6.45, 7) is 0. The summed E-state index contributed by atoms with van der Waals surface area (Å²) in [6.07, 6.45) is 0. The second kappa shape index (κ2) is 13.4. The van der Waals surface area contributed by atoms with Gasteiger partial charge in [-0.05, 0) is 97.9 Å². The molecule has 1 aromatic heterocycles. The maximum absolute atomic E-state index is 6.57. The lowest BCUT2D eigenvalue weighted by Gasteiger charge is -2.27. The maximum atomic E-state index is 6.57. The fourth-order valence-electron chi connectivity index (χ4n) is 7.83. The number of hydrogen-bond acceptors (Lipinski definition) is 2. The molecule has 2 heteroatoms. The van der Waals surface area contributed by atoms with Gasteiger partial charge in [-0.1, -0.05) is 164 Å². The lowest BCUT2D eigenvalue weighted by molar-refractivity contribution is 0.632. The first kappa shape index (κ1) is 31.6. The van der Waals surface area contributed by atoms with Gasteiger partial charge >= 0.3 is 0 Å². The number of rotatable bonds is 7. The van der Waals surface area contributed by atoms with Gasteiger partial charge < -0.3 is 9.32 Å². The van der Waals surface area contributed by atoms with E-state index in [1.165, 1.54) is 32.7 Å². The minimum Gasteiger partial charge on any atom is -0.455 e. The number of benzene rings is 9. The molecule has 0 spiro atoms. The molecule has 0 saturated carbocycles. The molecule has 9 aromatic carbocycles. The van der Waals surface area contributed by atoms with Crippen LogP contribution in [0.15, 0.2) is 217 Å². The zero-order valence-electron chi connectivity index (χ0n) is 29.6. The predicted octanol–water partition coefficient (Wildman–Crippen LogP) is 14.9.